The first kappa shape index (κ1) is 19.8. The zero-order valence-electron chi connectivity index (χ0n) is 14.6. The molecule has 1 aliphatic rings. The van der Waals surface area contributed by atoms with Crippen LogP contribution >= 0.6 is 27.5 Å². The number of carbonyl (C=O) groups is 1. The molecule has 8 nitrogen and oxygen atoms in total. The van der Waals surface area contributed by atoms with Crippen LogP contribution in [-0.4, -0.2) is 56.6 Å². The molecule has 1 aromatic heterocycles. The van der Waals surface area contributed by atoms with Gasteiger partial charge in [0.15, 0.2) is 0 Å². The van der Waals surface area contributed by atoms with Crippen molar-refractivity contribution in [1.29, 1.82) is 0 Å². The molecule has 0 bridgehead atoms. The Hall–Kier alpha value is -1.97. The summed E-state index contributed by atoms with van der Waals surface area (Å²) >= 11 is 9.13. The van der Waals surface area contributed by atoms with Crippen LogP contribution in [0.5, 0.6) is 0 Å². The number of aromatic nitrogens is 2. The molecule has 0 saturated carbocycles. The zero-order chi connectivity index (χ0) is 19.4. The average molecular weight is 457 g/mol. The second-order valence-electron chi connectivity index (χ2n) is 6.36. The van der Waals surface area contributed by atoms with E-state index in [4.69, 9.17) is 11.6 Å². The fraction of sp³-hybridized carbons (Fsp3) is 0.412. The topological polar surface area (TPSA) is 84.5 Å². The van der Waals surface area contributed by atoms with E-state index in [1.54, 1.807) is 0 Å². The zero-order valence-corrected chi connectivity index (χ0v) is 16.9. The summed E-state index contributed by atoms with van der Waals surface area (Å²) in [5.74, 6) is -0.205. The SMILES string of the molecule is O=C(CCn1cc(Br)c([N+](=O)[O-])n1)N1CCN(Cc2cccc(Cl)c2)CC1. The van der Waals surface area contributed by atoms with Gasteiger partial charge in [-0.3, -0.25) is 9.69 Å². The second kappa shape index (κ2) is 8.81. The van der Waals surface area contributed by atoms with Crippen molar-refractivity contribution in [3.05, 3.63) is 55.6 Å². The number of piperazine rings is 1. The highest BCUT2D eigenvalue weighted by Gasteiger charge is 2.23. The molecular weight excluding hydrogens is 438 g/mol. The quantitative estimate of drug-likeness (QED) is 0.493. The van der Waals surface area contributed by atoms with E-state index in [1.807, 2.05) is 29.2 Å². The maximum absolute atomic E-state index is 12.4. The summed E-state index contributed by atoms with van der Waals surface area (Å²) in [7, 11) is 0. The van der Waals surface area contributed by atoms with Crippen LogP contribution in [0.2, 0.25) is 5.02 Å². The number of nitrogens with zero attached hydrogens (tertiary/aromatic N) is 5. The molecule has 1 amide bonds. The highest BCUT2D eigenvalue weighted by atomic mass is 79.9. The predicted octanol–water partition coefficient (Wildman–Crippen LogP) is 2.94. The van der Waals surface area contributed by atoms with Gasteiger partial charge in [-0.15, -0.1) is 0 Å². The van der Waals surface area contributed by atoms with Gasteiger partial charge in [-0.25, -0.2) is 0 Å². The van der Waals surface area contributed by atoms with Gasteiger partial charge < -0.3 is 15.0 Å². The van der Waals surface area contributed by atoms with Crippen molar-refractivity contribution in [1.82, 2.24) is 19.6 Å². The minimum Gasteiger partial charge on any atom is -0.358 e. The van der Waals surface area contributed by atoms with Crippen LogP contribution in [0.1, 0.15) is 12.0 Å². The maximum atomic E-state index is 12.4. The number of aryl methyl sites for hydroxylation is 1. The molecule has 3 rings (SSSR count). The van der Waals surface area contributed by atoms with Gasteiger partial charge in [-0.05, 0) is 38.5 Å². The molecule has 1 saturated heterocycles. The molecule has 27 heavy (non-hydrogen) atoms. The van der Waals surface area contributed by atoms with E-state index in [0.29, 0.717) is 24.1 Å². The molecular formula is C17H19BrClN5O3. The van der Waals surface area contributed by atoms with E-state index < -0.39 is 4.92 Å². The molecule has 1 fully saturated rings. The van der Waals surface area contributed by atoms with Crippen LogP contribution in [0.25, 0.3) is 0 Å². The summed E-state index contributed by atoms with van der Waals surface area (Å²) in [4.78, 5) is 26.8. The maximum Gasteiger partial charge on any atom is 0.404 e. The number of hydrogen-bond acceptors (Lipinski definition) is 5. The summed E-state index contributed by atoms with van der Waals surface area (Å²) in [6, 6.07) is 7.80. The number of benzene rings is 1. The summed E-state index contributed by atoms with van der Waals surface area (Å²) in [5.41, 5.74) is 1.16. The van der Waals surface area contributed by atoms with Crippen LogP contribution in [0.15, 0.2) is 34.9 Å². The molecule has 1 aromatic carbocycles. The van der Waals surface area contributed by atoms with Crippen molar-refractivity contribution in [3.8, 4) is 0 Å². The summed E-state index contributed by atoms with van der Waals surface area (Å²) in [6.45, 7) is 4.07. The molecule has 0 unspecified atom stereocenters. The Labute approximate surface area is 170 Å². The normalized spacial score (nSPS) is 15.1. The molecule has 0 spiro atoms. The van der Waals surface area contributed by atoms with Crippen molar-refractivity contribution < 1.29 is 9.72 Å². The fourth-order valence-corrected chi connectivity index (χ4v) is 3.72. The Morgan fingerprint density at radius 1 is 1.30 bits per heavy atom. The Balaban J connectivity index is 1.46. The number of halogens is 2. The third-order valence-electron chi connectivity index (χ3n) is 4.45. The van der Waals surface area contributed by atoms with Gasteiger partial charge in [-0.2, -0.15) is 4.68 Å². The highest BCUT2D eigenvalue weighted by Crippen LogP contribution is 2.22. The van der Waals surface area contributed by atoms with Gasteiger partial charge in [0.2, 0.25) is 5.91 Å². The van der Waals surface area contributed by atoms with E-state index in [9.17, 15) is 14.9 Å². The Bertz CT molecular complexity index is 836. The fourth-order valence-electron chi connectivity index (χ4n) is 3.04. The predicted molar refractivity (Wildman–Crippen MR) is 105 cm³/mol. The Kier molecular flexibility index (Phi) is 6.46. The Morgan fingerprint density at radius 3 is 2.67 bits per heavy atom. The number of hydrogen-bond donors (Lipinski definition) is 0. The first-order valence-electron chi connectivity index (χ1n) is 8.54. The van der Waals surface area contributed by atoms with Crippen LogP contribution < -0.4 is 0 Å². The average Bonchev–Trinajstić information content (AvgIpc) is 3.01. The van der Waals surface area contributed by atoms with E-state index in [1.165, 1.54) is 10.9 Å². The van der Waals surface area contributed by atoms with Crippen LogP contribution in [0, 0.1) is 10.1 Å². The van der Waals surface area contributed by atoms with E-state index >= 15 is 0 Å². The van der Waals surface area contributed by atoms with Gasteiger partial charge >= 0.3 is 5.82 Å². The molecule has 144 valence electrons. The van der Waals surface area contributed by atoms with Gasteiger partial charge in [0, 0.05) is 44.2 Å². The lowest BCUT2D eigenvalue weighted by atomic mass is 10.2. The number of amides is 1. The molecule has 0 aliphatic carbocycles. The van der Waals surface area contributed by atoms with Gasteiger partial charge in [0.05, 0.1) is 17.8 Å². The lowest BCUT2D eigenvalue weighted by molar-refractivity contribution is -0.390. The third-order valence-corrected chi connectivity index (χ3v) is 5.24. The summed E-state index contributed by atoms with van der Waals surface area (Å²) < 4.78 is 1.74. The van der Waals surface area contributed by atoms with Crippen LogP contribution in [-0.2, 0) is 17.9 Å². The van der Waals surface area contributed by atoms with Gasteiger partial charge in [0.1, 0.15) is 4.47 Å². The number of carbonyl (C=O) groups excluding carboxylic acids is 1. The minimum absolute atomic E-state index is 0.0340. The molecule has 2 heterocycles. The second-order valence-corrected chi connectivity index (χ2v) is 7.65. The minimum atomic E-state index is -0.554. The first-order chi connectivity index (χ1) is 12.9. The molecule has 0 N–H and O–H groups in total. The van der Waals surface area contributed by atoms with E-state index in [-0.39, 0.29) is 18.1 Å². The van der Waals surface area contributed by atoms with Crippen LogP contribution in [0.4, 0.5) is 5.82 Å². The standard InChI is InChI=1S/C17H19BrClN5O3/c18-15-12-23(20-17(15)24(26)27)5-4-16(25)22-8-6-21(7-9-22)11-13-2-1-3-14(19)10-13/h1-3,10,12H,4-9,11H2. The number of nitro groups is 1. The van der Waals surface area contributed by atoms with E-state index in [0.717, 1.165) is 30.2 Å². The van der Waals surface area contributed by atoms with Crippen molar-refractivity contribution in [2.75, 3.05) is 26.2 Å². The largest absolute Gasteiger partial charge is 0.404 e. The van der Waals surface area contributed by atoms with Gasteiger partial charge in [-0.1, -0.05) is 23.7 Å². The molecule has 1 aliphatic heterocycles. The lowest BCUT2D eigenvalue weighted by Gasteiger charge is -2.34. The molecule has 2 aromatic rings. The van der Waals surface area contributed by atoms with Gasteiger partial charge in [0.25, 0.3) is 0 Å². The molecule has 0 atom stereocenters. The summed E-state index contributed by atoms with van der Waals surface area (Å²) in [5, 5.41) is 15.4. The molecule has 10 heteroatoms. The third kappa shape index (κ3) is 5.27. The van der Waals surface area contributed by atoms with Crippen molar-refractivity contribution in [3.63, 3.8) is 0 Å². The highest BCUT2D eigenvalue weighted by molar-refractivity contribution is 9.10. The van der Waals surface area contributed by atoms with Crippen molar-refractivity contribution in [2.45, 2.75) is 19.5 Å². The lowest BCUT2D eigenvalue weighted by Crippen LogP contribution is -2.48. The summed E-state index contributed by atoms with van der Waals surface area (Å²) in [6.07, 6.45) is 1.79. The Morgan fingerprint density at radius 2 is 2.04 bits per heavy atom. The number of rotatable bonds is 6. The van der Waals surface area contributed by atoms with Crippen molar-refractivity contribution in [2.24, 2.45) is 0 Å². The smallest absolute Gasteiger partial charge is 0.358 e. The monoisotopic (exact) mass is 455 g/mol. The molecule has 0 radical (unpaired) electrons. The first-order valence-corrected chi connectivity index (χ1v) is 9.71. The van der Waals surface area contributed by atoms with Crippen LogP contribution in [0.3, 0.4) is 0 Å². The van der Waals surface area contributed by atoms with Crippen molar-refractivity contribution >= 4 is 39.3 Å². The van der Waals surface area contributed by atoms with E-state index in [2.05, 4.69) is 25.9 Å².